The molecule has 0 aromatic heterocycles. The number of ketones is 2. The summed E-state index contributed by atoms with van der Waals surface area (Å²) in [5.74, 6) is -4.39. The maximum atomic E-state index is 13.6. The minimum atomic E-state index is -0.899. The van der Waals surface area contributed by atoms with Crippen molar-refractivity contribution in [3.05, 3.63) is 223 Å². The Morgan fingerprint density at radius 3 is 1.41 bits per heavy atom. The third kappa shape index (κ3) is 33.1. The predicted octanol–water partition coefficient (Wildman–Crippen LogP) is 15.6. The number of phenols is 6. The first-order chi connectivity index (χ1) is 69.2. The molecule has 14 rings (SSSR count). The van der Waals surface area contributed by atoms with Gasteiger partial charge in [-0.15, -0.1) is 6.58 Å². The van der Waals surface area contributed by atoms with Gasteiger partial charge in [0.2, 0.25) is 29.3 Å². The number of aromatic hydroxyl groups is 6. The first-order valence-corrected chi connectivity index (χ1v) is 49.9. The van der Waals surface area contributed by atoms with Crippen molar-refractivity contribution < 1.29 is 127 Å². The number of benzene rings is 3. The zero-order valence-corrected chi connectivity index (χ0v) is 85.6. The Morgan fingerprint density at radius 2 is 1.01 bits per heavy atom. The summed E-state index contributed by atoms with van der Waals surface area (Å²) < 4.78 is 39.7. The summed E-state index contributed by atoms with van der Waals surface area (Å²) in [6.45, 7) is 26.2. The lowest BCUT2D eigenvalue weighted by atomic mass is 9.85. The highest BCUT2D eigenvalue weighted by atomic mass is 35.5. The van der Waals surface area contributed by atoms with Crippen molar-refractivity contribution in [2.24, 2.45) is 56.7 Å². The average molecular weight is 2100 g/mol. The number of hydrogen-bond donors (Lipinski definition) is 10. The van der Waals surface area contributed by atoms with E-state index in [0.29, 0.717) is 118 Å². The van der Waals surface area contributed by atoms with Gasteiger partial charge in [-0.25, -0.2) is 14.4 Å². The van der Waals surface area contributed by atoms with Gasteiger partial charge in [-0.1, -0.05) is 164 Å². The molecule has 4 amide bonds. The quantitative estimate of drug-likeness (QED) is 0.00779. The molecule has 15 atom stereocenters. The molecule has 0 spiro atoms. The van der Waals surface area contributed by atoms with Crippen molar-refractivity contribution in [1.82, 2.24) is 25.3 Å². The van der Waals surface area contributed by atoms with Gasteiger partial charge in [-0.05, 0) is 176 Å². The Bertz CT molecular complexity index is 5620. The molecule has 38 heteroatoms. The van der Waals surface area contributed by atoms with Crippen molar-refractivity contribution in [3.63, 3.8) is 0 Å². The van der Waals surface area contributed by atoms with E-state index in [9.17, 15) is 78.9 Å². The van der Waals surface area contributed by atoms with Gasteiger partial charge in [-0.2, -0.15) is 0 Å². The molecule has 4 saturated heterocycles. The maximum Gasteiger partial charge on any atom is 0.342 e. The molecule has 2 saturated carbocycles. The van der Waals surface area contributed by atoms with E-state index in [2.05, 4.69) is 51.4 Å². The molecule has 798 valence electrons. The number of cyclic esters (lactones) is 3. The number of hydrogen-bond acceptors (Lipinski definition) is 31. The largest absolute Gasteiger partial charge is 0.507 e. The standard InChI is InChI=1S/C32H45N3O7.C25H29ClN2O7.2C25H29ClN2O6.2CH4/c1-9-13-34-28-23-14-18(2)15-27(41-8)29(37)20(4)16-21(5)31(42-22(6)33)26(40-7)12-10-11-19(3)32(39)35-24(30(23)38)17-25(28)36;1-15-12-20-25(2,35-20)8-4-3-6-16(27-33-11-10-28-9-5-7-21(28)31)13-17-22(24(32)34-15)18(29)14-19(30)23(17)26;2*1-15-11-17-12-16(17)5-2-3-6-18(27-33-10-9-28-8-4-7-22(28)31)13-19-23(25(32)34-15)20(29)14-21(30)24(19)26;;/h9-12,16-18,20,26-27,29,31,34,37H,1,6,13-15,33H2,2-5,7-8H3,(H,35,39);3-4,6,8,14-15,20,29-30H,5,7,9-13H2,1-2H3;2*2-3,5-6,14-17,29-30H,4,7-13H2,1H3;2*1H4/b12-10-,19-11+,21-16+;6-3+,8-4-,27-16-;5-2-,6-3+,27-18+;5-2-,6-3+,27-18-;;/t18-,20+,26+,27+,29-,31+;15-,20-,25-;2*15-,16-,17-;;/m1111../s1. The fourth-order valence-corrected chi connectivity index (χ4v) is 18.9. The van der Waals surface area contributed by atoms with Crippen molar-refractivity contribution >= 4 is 105 Å². The molecule has 147 heavy (non-hydrogen) atoms. The summed E-state index contributed by atoms with van der Waals surface area (Å²) in [5.41, 5.74) is 8.14. The van der Waals surface area contributed by atoms with Crippen LogP contribution < -0.4 is 16.4 Å². The number of carbonyl (C=O) groups excluding carboxylic acids is 9. The second-order valence-corrected chi connectivity index (χ2v) is 39.0. The minimum Gasteiger partial charge on any atom is -0.507 e. The Kier molecular flexibility index (Phi) is 44.3. The maximum absolute atomic E-state index is 13.6. The summed E-state index contributed by atoms with van der Waals surface area (Å²) in [6, 6.07) is 3.08. The van der Waals surface area contributed by atoms with E-state index in [-0.39, 0.29) is 203 Å². The van der Waals surface area contributed by atoms with E-state index < -0.39 is 88.8 Å². The SMILES string of the molecule is C.C.C=CCNC1=C2C[C@@H](C)C[C@H](OC)[C@H](O)[C@@H](C)/C=C(\C)[C@H](OC(=C)N)[C@@H](OC)/C=C\C=C(/C)C(=O)NC(=CC1=O)C2=O.C[C@@H]1C[C@@H]2C[C@H]2\C=C/C=C/C(=N/OCCN2CCCC2=O)Cc2c(Cl)c(O)cc(O)c2C(=O)O1.C[C@@H]1C[C@@H]2C[C@H]2\C=C/C=C/C(=N\OCCN2CCCC2=O)Cc2c(Cl)c(O)cc(O)c2C(=O)O1.C[C@@H]1C[C@H]2O[C@]2(C)\C=C/C=C/C(=N/OCCN2CCCC2=O)Cc2c(Cl)c(O)cc(O)c2C(=O)O1. The number of oxime groups is 3. The topological polar surface area (TPSA) is 488 Å². The molecular weight excluding hydrogens is 1960 g/mol. The Hall–Kier alpha value is -12.8. The number of rotatable bonds is 19. The van der Waals surface area contributed by atoms with Crippen LogP contribution in [0.15, 0.2) is 190 Å². The number of halogens is 3. The van der Waals surface area contributed by atoms with Crippen LogP contribution in [0.25, 0.3) is 0 Å². The lowest BCUT2D eigenvalue weighted by Crippen LogP contribution is -2.37. The summed E-state index contributed by atoms with van der Waals surface area (Å²) >= 11 is 19.0. The highest BCUT2D eigenvalue weighted by Gasteiger charge is 2.51. The van der Waals surface area contributed by atoms with Gasteiger partial charge in [0.15, 0.2) is 12.0 Å². The van der Waals surface area contributed by atoms with Crippen LogP contribution in [0, 0.1) is 35.5 Å². The van der Waals surface area contributed by atoms with Gasteiger partial charge in [0, 0.05) is 127 Å². The first-order valence-electron chi connectivity index (χ1n) is 48.7. The number of esters is 3. The molecule has 35 nitrogen and oxygen atoms in total. The van der Waals surface area contributed by atoms with Crippen molar-refractivity contribution in [2.75, 3.05) is 79.9 Å². The lowest BCUT2D eigenvalue weighted by Gasteiger charge is -2.30. The van der Waals surface area contributed by atoms with Gasteiger partial charge < -0.3 is 114 Å². The van der Waals surface area contributed by atoms with E-state index in [1.807, 2.05) is 84.1 Å². The number of nitrogens with zero attached hydrogens (tertiary/aromatic N) is 6. The minimum absolute atomic E-state index is 0. The highest BCUT2D eigenvalue weighted by molar-refractivity contribution is 6.35. The van der Waals surface area contributed by atoms with Crippen LogP contribution in [0.2, 0.25) is 15.1 Å². The molecule has 6 fully saturated rings. The molecule has 3 aromatic rings. The summed E-state index contributed by atoms with van der Waals surface area (Å²) in [6.07, 6.45) is 36.8. The van der Waals surface area contributed by atoms with Crippen LogP contribution in [0.3, 0.4) is 0 Å². The number of likely N-dealkylation sites (tertiary alicyclic amines) is 3. The van der Waals surface area contributed by atoms with E-state index in [1.165, 1.54) is 14.2 Å². The zero-order chi connectivity index (χ0) is 105. The van der Waals surface area contributed by atoms with Crippen molar-refractivity contribution in [3.8, 4) is 34.5 Å². The number of aliphatic hydroxyl groups is 1. The molecule has 8 heterocycles. The number of ether oxygens (including phenoxy) is 7. The molecule has 2 bridgehead atoms. The molecule has 3 aliphatic carbocycles. The molecule has 3 aromatic carbocycles. The number of epoxide rings is 1. The van der Waals surface area contributed by atoms with E-state index in [1.54, 1.807) is 77.2 Å². The van der Waals surface area contributed by atoms with Crippen molar-refractivity contribution in [1.29, 1.82) is 0 Å². The van der Waals surface area contributed by atoms with E-state index in [4.69, 9.17) is 88.2 Å². The fraction of sp³-hybridized carbons (Fsp3) is 0.486. The third-order valence-electron chi connectivity index (χ3n) is 26.3. The van der Waals surface area contributed by atoms with Crippen LogP contribution in [0.5, 0.6) is 34.5 Å². The van der Waals surface area contributed by atoms with Crippen LogP contribution in [0.1, 0.15) is 201 Å². The van der Waals surface area contributed by atoms with Gasteiger partial charge >= 0.3 is 17.9 Å². The molecular formula is C109H140Cl3N9O26. The van der Waals surface area contributed by atoms with Crippen molar-refractivity contribution in [2.45, 2.75) is 227 Å². The number of amides is 4. The number of nitrogens with two attached hydrogens (primary N) is 1. The van der Waals surface area contributed by atoms with Crippen LogP contribution in [-0.2, 0) is 95.7 Å². The third-order valence-corrected chi connectivity index (χ3v) is 27.6. The van der Waals surface area contributed by atoms with Gasteiger partial charge in [0.05, 0.1) is 93.8 Å². The Balaban J connectivity index is 0.000000218. The summed E-state index contributed by atoms with van der Waals surface area (Å²) in [5, 5.41) is 91.1. The lowest BCUT2D eigenvalue weighted by molar-refractivity contribution is -0.129. The van der Waals surface area contributed by atoms with Crippen LogP contribution >= 0.6 is 34.8 Å². The van der Waals surface area contributed by atoms with E-state index in [0.717, 1.165) is 74.8 Å². The number of Topliss-reactive ketones (excluding diaryl/α,β-unsaturated/α-hetero) is 1. The van der Waals surface area contributed by atoms with Crippen LogP contribution in [-0.4, -0.2) is 255 Å². The fourth-order valence-electron chi connectivity index (χ4n) is 18.2. The number of phenolic OH excluding ortho intramolecular Hbond substituents is 6. The molecule has 0 radical (unpaired) electrons. The molecule has 8 aliphatic heterocycles. The predicted molar refractivity (Wildman–Crippen MR) is 558 cm³/mol. The molecule has 0 unspecified atom stereocenters. The van der Waals surface area contributed by atoms with Gasteiger partial charge in [-0.3, -0.25) is 28.8 Å². The molecule has 11 N–H and O–H groups in total. The Morgan fingerprint density at radius 1 is 0.585 bits per heavy atom. The number of aliphatic hydroxyl groups excluding tert-OH is 1. The van der Waals surface area contributed by atoms with Gasteiger partial charge in [0.1, 0.15) is 88.8 Å². The number of allylic oxidation sites excluding steroid dienone is 15. The number of nitrogens with one attached hydrogen (secondary N) is 2. The molecule has 11 aliphatic rings. The summed E-state index contributed by atoms with van der Waals surface area (Å²) in [4.78, 5) is 136. The van der Waals surface area contributed by atoms with Gasteiger partial charge in [0.25, 0.3) is 5.91 Å². The first kappa shape index (κ1) is 118. The second-order valence-electron chi connectivity index (χ2n) is 37.9. The normalized spacial score (nSPS) is 29.0. The number of methoxy groups -OCH3 is 2. The smallest absolute Gasteiger partial charge is 0.342 e. The second kappa shape index (κ2) is 55.3. The number of carbonyl (C=O) groups is 9. The number of fused-ring (bicyclic) bond motifs is 8. The Labute approximate surface area is 873 Å². The monoisotopic (exact) mass is 2100 g/mol. The summed E-state index contributed by atoms with van der Waals surface area (Å²) in [7, 11) is 3.03. The van der Waals surface area contributed by atoms with Crippen LogP contribution in [0.4, 0.5) is 0 Å². The van der Waals surface area contributed by atoms with E-state index >= 15 is 0 Å². The zero-order valence-electron chi connectivity index (χ0n) is 83.3. The highest BCUT2D eigenvalue weighted by Crippen LogP contribution is 2.48. The average Bonchev–Trinajstić information content (AvgIpc) is 1.63.